The fourth-order valence-corrected chi connectivity index (χ4v) is 2.68. The second-order valence-electron chi connectivity index (χ2n) is 0.845. The molecule has 0 aromatic heterocycles. The van der Waals surface area contributed by atoms with Gasteiger partial charge in [0.2, 0.25) is 0 Å². The van der Waals surface area contributed by atoms with E-state index in [1.165, 1.54) is 21.6 Å². The second kappa shape index (κ2) is 5.85. The molecule has 50 valence electrons. The van der Waals surface area contributed by atoms with Crippen LogP contribution in [0.1, 0.15) is 0 Å². The number of rotatable bonds is 3. The van der Waals surface area contributed by atoms with Gasteiger partial charge in [-0.25, -0.2) is 0 Å². The lowest BCUT2D eigenvalue weighted by Crippen LogP contribution is -1.75. The van der Waals surface area contributed by atoms with Gasteiger partial charge in [0.05, 0.1) is 0 Å². The summed E-state index contributed by atoms with van der Waals surface area (Å²) < 4.78 is 0.114. The van der Waals surface area contributed by atoms with E-state index >= 15 is 0 Å². The summed E-state index contributed by atoms with van der Waals surface area (Å²) in [6.07, 6.45) is 0. The predicted octanol–water partition coefficient (Wildman–Crippen LogP) is 2.65. The molecule has 6 heteroatoms. The largest absolute Gasteiger partial charge is 0.154 e. The lowest BCUT2D eigenvalue weighted by Gasteiger charge is -2.02. The average molecular weight is 222 g/mol. The smallest absolute Gasteiger partial charge is 0.100 e. The summed E-state index contributed by atoms with van der Waals surface area (Å²) in [4.78, 5) is 0. The van der Waals surface area contributed by atoms with E-state index in [0.29, 0.717) is 0 Å². The minimum absolute atomic E-state index is 0.0572. The van der Waals surface area contributed by atoms with Gasteiger partial charge in [-0.05, 0) is 0 Å². The van der Waals surface area contributed by atoms with E-state index in [1.54, 1.807) is 0 Å². The molecule has 0 aromatic rings. The van der Waals surface area contributed by atoms with E-state index in [4.69, 9.17) is 0 Å². The molecule has 0 saturated carbocycles. The first kappa shape index (κ1) is 10.1. The van der Waals surface area contributed by atoms with Gasteiger partial charge in [0.1, 0.15) is 7.83 Å². The molecule has 0 N–H and O–H groups in total. The van der Waals surface area contributed by atoms with E-state index in [9.17, 15) is 0 Å². The molecule has 0 fully saturated rings. The molecule has 0 aliphatic rings. The molecule has 0 unspecified atom stereocenters. The van der Waals surface area contributed by atoms with Crippen molar-refractivity contribution < 1.29 is 0 Å². The van der Waals surface area contributed by atoms with E-state index in [1.807, 2.05) is 0 Å². The highest BCUT2D eigenvalue weighted by Crippen LogP contribution is 2.37. The quantitative estimate of drug-likeness (QED) is 0.329. The summed E-state index contributed by atoms with van der Waals surface area (Å²) >= 11 is 16.0. The second-order valence-corrected chi connectivity index (χ2v) is 7.61. The number of hydrogen-bond acceptors (Lipinski definition) is 6. The van der Waals surface area contributed by atoms with Crippen LogP contribution in [0.2, 0.25) is 0 Å². The molecule has 0 heterocycles. The predicted molar refractivity (Wildman–Crippen MR) is 58.7 cm³/mol. The highest BCUT2D eigenvalue weighted by molar-refractivity contribution is 8.82. The van der Waals surface area contributed by atoms with Gasteiger partial charge >= 0.3 is 0 Å². The molecule has 0 aliphatic carbocycles. The maximum Gasteiger partial charge on any atom is 0.100 e. The van der Waals surface area contributed by atoms with Crippen LogP contribution in [0.25, 0.3) is 0 Å². The molecule has 0 amide bonds. The van der Waals surface area contributed by atoms with E-state index < -0.39 is 0 Å². The van der Waals surface area contributed by atoms with Crippen LogP contribution in [0.3, 0.4) is 0 Å². The first-order valence-corrected chi connectivity index (χ1v) is 6.01. The molecule has 0 atom stereocenters. The van der Waals surface area contributed by atoms with Crippen molar-refractivity contribution in [1.29, 1.82) is 0 Å². The number of thiol groups is 4. The molecule has 0 spiro atoms. The minimum Gasteiger partial charge on any atom is -0.154 e. The third-order valence-corrected chi connectivity index (χ3v) is 5.15. The molecule has 0 rings (SSSR count). The van der Waals surface area contributed by atoms with Crippen molar-refractivity contribution in [3.05, 3.63) is 0 Å². The van der Waals surface area contributed by atoms with Crippen LogP contribution in [0.15, 0.2) is 0 Å². The van der Waals surface area contributed by atoms with E-state index in [0.717, 1.165) is 0 Å². The first-order chi connectivity index (χ1) is 3.63. The third kappa shape index (κ3) is 8.10. The van der Waals surface area contributed by atoms with Crippen molar-refractivity contribution in [2.75, 3.05) is 0 Å². The fraction of sp³-hybridized carbons (Fsp3) is 1.00. The molecular formula is C2H6S6. The van der Waals surface area contributed by atoms with Gasteiger partial charge in [-0.15, -0.1) is 0 Å². The molecule has 8 heavy (non-hydrogen) atoms. The van der Waals surface area contributed by atoms with Crippen molar-refractivity contribution in [3.8, 4) is 0 Å². The maximum absolute atomic E-state index is 4.01. The van der Waals surface area contributed by atoms with Crippen LogP contribution in [0.5, 0.6) is 0 Å². The Bertz CT molecular complexity index is 42.5. The fourth-order valence-electron chi connectivity index (χ4n) is 0.0994. The Balaban J connectivity index is 2.93. The first-order valence-electron chi connectivity index (χ1n) is 1.67. The SMILES string of the molecule is SC(S)SSC(S)S. The summed E-state index contributed by atoms with van der Waals surface area (Å²) in [5, 5.41) is 0. The van der Waals surface area contributed by atoms with Crippen LogP contribution in [-0.2, 0) is 0 Å². The summed E-state index contributed by atoms with van der Waals surface area (Å²) in [5.74, 6) is 0. The van der Waals surface area contributed by atoms with Crippen LogP contribution in [0.4, 0.5) is 0 Å². The molecule has 0 radical (unpaired) electrons. The van der Waals surface area contributed by atoms with Gasteiger partial charge in [-0.1, -0.05) is 21.6 Å². The van der Waals surface area contributed by atoms with Gasteiger partial charge < -0.3 is 0 Å². The third-order valence-electron chi connectivity index (χ3n) is 0.228. The van der Waals surface area contributed by atoms with Crippen molar-refractivity contribution >= 4 is 72.1 Å². The molecular weight excluding hydrogens is 216 g/mol. The highest BCUT2D eigenvalue weighted by atomic mass is 33.1. The Hall–Kier alpha value is 2.10. The normalized spacial score (nSPS) is 11.2. The Morgan fingerprint density at radius 2 is 1.00 bits per heavy atom. The average Bonchev–Trinajstić information content (AvgIpc) is 1.61. The lowest BCUT2D eigenvalue weighted by atomic mass is 11.9. The van der Waals surface area contributed by atoms with Gasteiger partial charge in [0.25, 0.3) is 0 Å². The summed E-state index contributed by atoms with van der Waals surface area (Å²) in [7, 11) is 3.06. The van der Waals surface area contributed by atoms with Gasteiger partial charge in [-0.2, -0.15) is 50.5 Å². The van der Waals surface area contributed by atoms with Crippen molar-refractivity contribution in [1.82, 2.24) is 0 Å². The van der Waals surface area contributed by atoms with Gasteiger partial charge in [0.15, 0.2) is 0 Å². The van der Waals surface area contributed by atoms with Gasteiger partial charge in [0, 0.05) is 0 Å². The van der Waals surface area contributed by atoms with Crippen molar-refractivity contribution in [2.24, 2.45) is 0 Å². The Morgan fingerprint density at radius 1 is 0.750 bits per heavy atom. The molecule has 0 aromatic carbocycles. The highest BCUT2D eigenvalue weighted by Gasteiger charge is 1.99. The Kier molecular flexibility index (Phi) is 7.39. The standard InChI is InChI=1S/C2H6S6/c3-1(4)7-8-2(5)6/h1-6H. The Labute approximate surface area is 79.4 Å². The molecule has 0 bridgehead atoms. The van der Waals surface area contributed by atoms with Crippen LogP contribution in [-0.4, -0.2) is 7.83 Å². The van der Waals surface area contributed by atoms with Crippen LogP contribution in [0, 0.1) is 0 Å². The number of hydrogen-bond donors (Lipinski definition) is 4. The molecule has 0 nitrogen and oxygen atoms in total. The van der Waals surface area contributed by atoms with Crippen LogP contribution < -0.4 is 0 Å². The van der Waals surface area contributed by atoms with Crippen molar-refractivity contribution in [3.63, 3.8) is 0 Å². The molecule has 0 saturated heterocycles. The van der Waals surface area contributed by atoms with E-state index in [-0.39, 0.29) is 7.83 Å². The zero-order valence-electron chi connectivity index (χ0n) is 3.76. The minimum atomic E-state index is 0.0572. The zero-order chi connectivity index (χ0) is 6.57. The topological polar surface area (TPSA) is 0 Å². The van der Waals surface area contributed by atoms with E-state index in [2.05, 4.69) is 50.5 Å². The monoisotopic (exact) mass is 222 g/mol. The van der Waals surface area contributed by atoms with Gasteiger partial charge in [-0.3, -0.25) is 0 Å². The summed E-state index contributed by atoms with van der Waals surface area (Å²) in [5.41, 5.74) is 0. The lowest BCUT2D eigenvalue weighted by molar-refractivity contribution is 2.14. The Morgan fingerprint density at radius 3 is 1.12 bits per heavy atom. The summed E-state index contributed by atoms with van der Waals surface area (Å²) in [6.45, 7) is 0. The van der Waals surface area contributed by atoms with Crippen molar-refractivity contribution in [2.45, 2.75) is 7.83 Å². The maximum atomic E-state index is 4.01. The molecule has 0 aliphatic heterocycles. The summed E-state index contributed by atoms with van der Waals surface area (Å²) in [6, 6.07) is 0. The van der Waals surface area contributed by atoms with Crippen LogP contribution >= 0.6 is 72.1 Å². The zero-order valence-corrected chi connectivity index (χ0v) is 8.97.